The average Bonchev–Trinajstić information content (AvgIpc) is 3.35. The molecule has 0 radical (unpaired) electrons. The number of nitrogens with zero attached hydrogens (tertiary/aromatic N) is 1. The van der Waals surface area contributed by atoms with Gasteiger partial charge in [-0.1, -0.05) is 48.5 Å². The Kier molecular flexibility index (Phi) is 9.40. The third-order valence-electron chi connectivity index (χ3n) is 6.85. The number of hydrogen-bond donors (Lipinski definition) is 2. The number of rotatable bonds is 12. The number of nitrogens with one attached hydrogen (secondary N) is 2. The Morgan fingerprint density at radius 1 is 0.865 bits per heavy atom. The number of carbonyl (C=O) groups is 1. The SMILES string of the molecule is COc1ccc(CN[C@H]2C[C@@H](C(=O)NCCc3ccccc3)N(Cc3ccc(OC)c(OC)c3)C2)cc1. The van der Waals surface area contributed by atoms with Crippen molar-refractivity contribution < 1.29 is 19.0 Å². The van der Waals surface area contributed by atoms with Gasteiger partial charge in [-0.3, -0.25) is 9.69 Å². The average molecular weight is 504 g/mol. The molecule has 0 aromatic heterocycles. The maximum Gasteiger partial charge on any atom is 0.237 e. The smallest absolute Gasteiger partial charge is 0.237 e. The fourth-order valence-corrected chi connectivity index (χ4v) is 4.81. The van der Waals surface area contributed by atoms with Crippen LogP contribution >= 0.6 is 0 Å². The first kappa shape index (κ1) is 26.5. The van der Waals surface area contributed by atoms with Gasteiger partial charge in [0.1, 0.15) is 5.75 Å². The molecule has 1 fully saturated rings. The summed E-state index contributed by atoms with van der Waals surface area (Å²) < 4.78 is 16.1. The highest BCUT2D eigenvalue weighted by Crippen LogP contribution is 2.29. The normalized spacial score (nSPS) is 17.4. The van der Waals surface area contributed by atoms with Gasteiger partial charge >= 0.3 is 0 Å². The van der Waals surface area contributed by atoms with E-state index in [0.717, 1.165) is 37.2 Å². The molecule has 3 aromatic rings. The van der Waals surface area contributed by atoms with Gasteiger partial charge in [0.05, 0.1) is 27.4 Å². The molecule has 37 heavy (non-hydrogen) atoms. The summed E-state index contributed by atoms with van der Waals surface area (Å²) in [5.74, 6) is 2.31. The first-order chi connectivity index (χ1) is 18.1. The van der Waals surface area contributed by atoms with Gasteiger partial charge in [-0.25, -0.2) is 0 Å². The first-order valence-corrected chi connectivity index (χ1v) is 12.7. The fourth-order valence-electron chi connectivity index (χ4n) is 4.81. The molecule has 1 saturated heterocycles. The molecule has 3 aromatic carbocycles. The summed E-state index contributed by atoms with van der Waals surface area (Å²) in [5.41, 5.74) is 3.48. The Hall–Kier alpha value is -3.55. The van der Waals surface area contributed by atoms with E-state index in [1.165, 1.54) is 11.1 Å². The molecule has 2 N–H and O–H groups in total. The van der Waals surface area contributed by atoms with E-state index in [1.54, 1.807) is 21.3 Å². The third kappa shape index (κ3) is 7.24. The van der Waals surface area contributed by atoms with E-state index in [4.69, 9.17) is 14.2 Å². The number of amides is 1. The second-order valence-electron chi connectivity index (χ2n) is 9.32. The maximum atomic E-state index is 13.3. The van der Waals surface area contributed by atoms with Crippen molar-refractivity contribution in [3.8, 4) is 17.2 Å². The topological polar surface area (TPSA) is 72.1 Å². The Balaban J connectivity index is 1.41. The van der Waals surface area contributed by atoms with Gasteiger partial charge in [-0.15, -0.1) is 0 Å². The molecule has 7 nitrogen and oxygen atoms in total. The van der Waals surface area contributed by atoms with Gasteiger partial charge < -0.3 is 24.8 Å². The lowest BCUT2D eigenvalue weighted by Gasteiger charge is -2.24. The molecule has 2 atom stereocenters. The highest BCUT2D eigenvalue weighted by atomic mass is 16.5. The summed E-state index contributed by atoms with van der Waals surface area (Å²) in [4.78, 5) is 15.6. The molecule has 196 valence electrons. The Bertz CT molecular complexity index is 1140. The van der Waals surface area contributed by atoms with Gasteiger partial charge in [0.15, 0.2) is 11.5 Å². The summed E-state index contributed by atoms with van der Waals surface area (Å²) in [6, 6.07) is 24.2. The van der Waals surface area contributed by atoms with Crippen LogP contribution in [-0.2, 0) is 24.3 Å². The van der Waals surface area contributed by atoms with Crippen molar-refractivity contribution in [3.63, 3.8) is 0 Å². The van der Waals surface area contributed by atoms with E-state index < -0.39 is 0 Å². The molecule has 0 unspecified atom stereocenters. The Labute approximate surface area is 219 Å². The third-order valence-corrected chi connectivity index (χ3v) is 6.85. The number of likely N-dealkylation sites (tertiary alicyclic amines) is 1. The molecule has 1 aliphatic rings. The van der Waals surface area contributed by atoms with Crippen molar-refractivity contribution in [2.24, 2.45) is 0 Å². The molecular weight excluding hydrogens is 466 g/mol. The van der Waals surface area contributed by atoms with Crippen LogP contribution in [0.2, 0.25) is 0 Å². The van der Waals surface area contributed by atoms with Crippen LogP contribution in [0.4, 0.5) is 0 Å². The van der Waals surface area contributed by atoms with E-state index in [1.807, 2.05) is 48.5 Å². The lowest BCUT2D eigenvalue weighted by atomic mass is 10.1. The van der Waals surface area contributed by atoms with Crippen LogP contribution in [0, 0.1) is 0 Å². The molecule has 0 aliphatic carbocycles. The largest absolute Gasteiger partial charge is 0.497 e. The number of ether oxygens (including phenoxy) is 3. The van der Waals surface area contributed by atoms with Crippen molar-refractivity contribution in [2.75, 3.05) is 34.4 Å². The Morgan fingerprint density at radius 3 is 2.30 bits per heavy atom. The molecule has 0 saturated carbocycles. The zero-order valence-electron chi connectivity index (χ0n) is 21.9. The van der Waals surface area contributed by atoms with Crippen molar-refractivity contribution in [1.29, 1.82) is 0 Å². The summed E-state index contributed by atoms with van der Waals surface area (Å²) in [6.45, 7) is 2.79. The first-order valence-electron chi connectivity index (χ1n) is 12.7. The molecule has 4 rings (SSSR count). The van der Waals surface area contributed by atoms with Crippen molar-refractivity contribution in [3.05, 3.63) is 89.5 Å². The van der Waals surface area contributed by atoms with E-state index in [2.05, 4.69) is 39.8 Å². The Morgan fingerprint density at radius 2 is 1.59 bits per heavy atom. The van der Waals surface area contributed by atoms with Gasteiger partial charge in [-0.2, -0.15) is 0 Å². The molecule has 0 bridgehead atoms. The van der Waals surface area contributed by atoms with E-state index in [9.17, 15) is 4.79 Å². The second-order valence-corrected chi connectivity index (χ2v) is 9.32. The van der Waals surface area contributed by atoms with Crippen LogP contribution < -0.4 is 24.8 Å². The monoisotopic (exact) mass is 503 g/mol. The van der Waals surface area contributed by atoms with Gasteiger partial charge in [-0.05, 0) is 53.8 Å². The summed E-state index contributed by atoms with van der Waals surface area (Å²) >= 11 is 0. The quantitative estimate of drug-likeness (QED) is 0.392. The predicted molar refractivity (Wildman–Crippen MR) is 145 cm³/mol. The lowest BCUT2D eigenvalue weighted by molar-refractivity contribution is -0.125. The fraction of sp³-hybridized carbons (Fsp3) is 0.367. The zero-order chi connectivity index (χ0) is 26.0. The molecular formula is C30H37N3O4. The van der Waals surface area contributed by atoms with Crippen LogP contribution in [0.25, 0.3) is 0 Å². The maximum absolute atomic E-state index is 13.3. The number of carbonyl (C=O) groups excluding carboxylic acids is 1. The lowest BCUT2D eigenvalue weighted by Crippen LogP contribution is -2.43. The summed E-state index contributed by atoms with van der Waals surface area (Å²) in [7, 11) is 4.94. The van der Waals surface area contributed by atoms with E-state index in [-0.39, 0.29) is 18.0 Å². The van der Waals surface area contributed by atoms with Gasteiger partial charge in [0.2, 0.25) is 5.91 Å². The summed E-state index contributed by atoms with van der Waals surface area (Å²) in [5, 5.41) is 6.82. The number of benzene rings is 3. The van der Waals surface area contributed by atoms with Crippen molar-refractivity contribution in [2.45, 2.75) is 38.0 Å². The molecule has 1 amide bonds. The second kappa shape index (κ2) is 13.1. The minimum Gasteiger partial charge on any atom is -0.497 e. The summed E-state index contributed by atoms with van der Waals surface area (Å²) in [6.07, 6.45) is 1.56. The molecule has 7 heteroatoms. The van der Waals surface area contributed by atoms with Crippen LogP contribution in [0.3, 0.4) is 0 Å². The van der Waals surface area contributed by atoms with Crippen molar-refractivity contribution >= 4 is 5.91 Å². The van der Waals surface area contributed by atoms with Gasteiger partial charge in [0.25, 0.3) is 0 Å². The standard InChI is InChI=1S/C30H37N3O4/c1-35-26-12-9-23(10-13-26)19-32-25-18-27(30(34)31-16-15-22-7-5-4-6-8-22)33(21-25)20-24-11-14-28(36-2)29(17-24)37-3/h4-14,17,25,27,32H,15-16,18-21H2,1-3H3,(H,31,34)/t25-,27-/m0/s1. The zero-order valence-corrected chi connectivity index (χ0v) is 21.9. The van der Waals surface area contributed by atoms with Gasteiger partial charge in [0, 0.05) is 32.2 Å². The number of methoxy groups -OCH3 is 3. The highest BCUT2D eigenvalue weighted by molar-refractivity contribution is 5.82. The van der Waals surface area contributed by atoms with Crippen LogP contribution in [-0.4, -0.2) is 57.3 Å². The predicted octanol–water partition coefficient (Wildman–Crippen LogP) is 3.80. The van der Waals surface area contributed by atoms with E-state index >= 15 is 0 Å². The number of hydrogen-bond acceptors (Lipinski definition) is 6. The van der Waals surface area contributed by atoms with Crippen molar-refractivity contribution in [1.82, 2.24) is 15.5 Å². The molecule has 1 aliphatic heterocycles. The highest BCUT2D eigenvalue weighted by Gasteiger charge is 2.36. The van der Waals surface area contributed by atoms with Crippen LogP contribution in [0.5, 0.6) is 17.2 Å². The van der Waals surface area contributed by atoms with Crippen LogP contribution in [0.15, 0.2) is 72.8 Å². The molecule has 0 spiro atoms. The molecule has 1 heterocycles. The van der Waals surface area contributed by atoms with E-state index in [0.29, 0.717) is 24.6 Å². The minimum atomic E-state index is -0.211. The van der Waals surface area contributed by atoms with Crippen LogP contribution in [0.1, 0.15) is 23.1 Å². The minimum absolute atomic E-state index is 0.0742.